The molecular weight excluding hydrogens is 645 g/mol. The van der Waals surface area contributed by atoms with Crippen LogP contribution >= 0.6 is 23.2 Å². The molecule has 8 heteroatoms. The van der Waals surface area contributed by atoms with E-state index < -0.39 is 0 Å². The molecule has 0 bridgehead atoms. The van der Waals surface area contributed by atoms with E-state index in [4.69, 9.17) is 37.4 Å². The summed E-state index contributed by atoms with van der Waals surface area (Å²) in [4.78, 5) is 27.9. The molecule has 0 N–H and O–H groups in total. The first-order valence-corrected chi connectivity index (χ1v) is 16.5. The Morgan fingerprint density at radius 2 is 1.42 bits per heavy atom. The number of rotatable bonds is 11. The van der Waals surface area contributed by atoms with Crippen molar-refractivity contribution in [3.8, 4) is 16.9 Å². The Labute approximate surface area is 290 Å². The molecule has 1 amide bonds. The predicted molar refractivity (Wildman–Crippen MR) is 188 cm³/mol. The Balaban J connectivity index is 1.29. The summed E-state index contributed by atoms with van der Waals surface area (Å²) in [5, 5.41) is 1.28. The van der Waals surface area contributed by atoms with Crippen molar-refractivity contribution in [2.75, 3.05) is 0 Å². The fraction of sp³-hybridized carbons (Fsp3) is 0.200. The third-order valence-corrected chi connectivity index (χ3v) is 8.93. The predicted octanol–water partition coefficient (Wildman–Crippen LogP) is 9.92. The van der Waals surface area contributed by atoms with E-state index in [9.17, 15) is 9.59 Å². The van der Waals surface area contributed by atoms with Crippen LogP contribution in [0.4, 0.5) is 4.79 Å². The lowest BCUT2D eigenvalue weighted by molar-refractivity contribution is -0.144. The molecule has 6 nitrogen and oxygen atoms in total. The van der Waals surface area contributed by atoms with Gasteiger partial charge in [-0.05, 0) is 83.6 Å². The van der Waals surface area contributed by atoms with Gasteiger partial charge in [-0.1, -0.05) is 108 Å². The third-order valence-electron chi connectivity index (χ3n) is 8.42. The van der Waals surface area contributed by atoms with E-state index >= 15 is 0 Å². The number of hydrogen-bond acceptors (Lipinski definition) is 5. The number of hydrogen-bond donors (Lipinski definition) is 0. The first-order chi connectivity index (χ1) is 23.2. The zero-order valence-corrected chi connectivity index (χ0v) is 28.2. The summed E-state index contributed by atoms with van der Waals surface area (Å²) >= 11 is 12.1. The second kappa shape index (κ2) is 15.0. The Hall–Kier alpha value is -4.78. The van der Waals surface area contributed by atoms with Crippen molar-refractivity contribution in [3.05, 3.63) is 159 Å². The van der Waals surface area contributed by atoms with E-state index in [0.717, 1.165) is 44.5 Å². The number of aryl methyl sites for hydroxylation is 1. The topological polar surface area (TPSA) is 65.1 Å². The summed E-state index contributed by atoms with van der Waals surface area (Å²) in [6.45, 7) is 4.85. The molecule has 1 aliphatic heterocycles. The molecule has 48 heavy (non-hydrogen) atoms. The fourth-order valence-corrected chi connectivity index (χ4v) is 6.08. The molecule has 0 unspecified atom stereocenters. The van der Waals surface area contributed by atoms with Gasteiger partial charge in [0.2, 0.25) is 0 Å². The van der Waals surface area contributed by atoms with Gasteiger partial charge in [0.1, 0.15) is 25.1 Å². The molecule has 5 aromatic rings. The summed E-state index contributed by atoms with van der Waals surface area (Å²) in [5.74, 6) is 0.294. The lowest BCUT2D eigenvalue weighted by Gasteiger charge is -2.23. The van der Waals surface area contributed by atoms with Gasteiger partial charge in [-0.15, -0.1) is 0 Å². The average molecular weight is 681 g/mol. The summed E-state index contributed by atoms with van der Waals surface area (Å²) in [5.41, 5.74) is 7.24. The van der Waals surface area contributed by atoms with Crippen molar-refractivity contribution in [2.45, 2.75) is 52.2 Å². The number of nitrogens with zero attached hydrogens (tertiary/aromatic N) is 1. The van der Waals surface area contributed by atoms with Crippen LogP contribution < -0.4 is 4.74 Å². The van der Waals surface area contributed by atoms with Gasteiger partial charge in [-0.25, -0.2) is 4.79 Å². The molecule has 244 valence electrons. The van der Waals surface area contributed by atoms with Gasteiger partial charge >= 0.3 is 12.1 Å². The maximum atomic E-state index is 13.2. The highest BCUT2D eigenvalue weighted by Gasteiger charge is 2.39. The SMILES string of the molecule is Cc1ccc(-c2cc(CC(=O)OCc3ccc(Cl)cc3)ccc2OCc2ccc(Cl)cc2)c(CN2C(=O)O[C@H](c3ccccc3)[C@@H]2C)c1. The minimum atomic E-state index is -0.368. The summed E-state index contributed by atoms with van der Waals surface area (Å²) < 4.78 is 17.8. The minimum Gasteiger partial charge on any atom is -0.488 e. The molecule has 0 spiro atoms. The molecule has 1 aliphatic rings. The second-order valence-electron chi connectivity index (χ2n) is 12.0. The van der Waals surface area contributed by atoms with E-state index in [1.807, 2.05) is 111 Å². The largest absolute Gasteiger partial charge is 0.488 e. The van der Waals surface area contributed by atoms with E-state index in [-0.39, 0.29) is 37.2 Å². The molecule has 1 heterocycles. The normalized spacial score (nSPS) is 15.7. The molecular formula is C40H35Cl2NO5. The van der Waals surface area contributed by atoms with Crippen LogP contribution in [0.2, 0.25) is 10.0 Å². The molecule has 1 saturated heterocycles. The lowest BCUT2D eigenvalue weighted by Crippen LogP contribution is -2.31. The van der Waals surface area contributed by atoms with Crippen molar-refractivity contribution in [1.29, 1.82) is 0 Å². The van der Waals surface area contributed by atoms with E-state index in [1.54, 1.807) is 17.0 Å². The number of cyclic esters (lactones) is 1. The van der Waals surface area contributed by atoms with E-state index in [1.165, 1.54) is 0 Å². The number of carbonyl (C=O) groups is 2. The Kier molecular flexibility index (Phi) is 10.3. The van der Waals surface area contributed by atoms with Crippen LogP contribution in [0.3, 0.4) is 0 Å². The van der Waals surface area contributed by atoms with Gasteiger partial charge < -0.3 is 14.2 Å². The van der Waals surface area contributed by atoms with Gasteiger partial charge in [-0.2, -0.15) is 0 Å². The van der Waals surface area contributed by atoms with Crippen molar-refractivity contribution < 1.29 is 23.8 Å². The fourth-order valence-electron chi connectivity index (χ4n) is 5.83. The molecule has 6 rings (SSSR count). The van der Waals surface area contributed by atoms with E-state index in [2.05, 4.69) is 6.07 Å². The Morgan fingerprint density at radius 1 is 0.771 bits per heavy atom. The van der Waals surface area contributed by atoms with Gasteiger partial charge in [0.15, 0.2) is 0 Å². The maximum Gasteiger partial charge on any atom is 0.411 e. The Morgan fingerprint density at radius 3 is 2.10 bits per heavy atom. The first-order valence-electron chi connectivity index (χ1n) is 15.8. The number of carbonyl (C=O) groups excluding carboxylic acids is 2. The van der Waals surface area contributed by atoms with Crippen LogP contribution in [-0.2, 0) is 40.4 Å². The van der Waals surface area contributed by atoms with Crippen LogP contribution in [0.15, 0.2) is 115 Å². The quantitative estimate of drug-likeness (QED) is 0.130. The summed E-state index contributed by atoms with van der Waals surface area (Å²) in [7, 11) is 0. The molecule has 1 fully saturated rings. The number of halogens is 2. The minimum absolute atomic E-state index is 0.0769. The average Bonchev–Trinajstić information content (AvgIpc) is 3.37. The Bertz CT molecular complexity index is 1890. The van der Waals surface area contributed by atoms with Crippen LogP contribution in [0.1, 0.15) is 46.4 Å². The highest BCUT2D eigenvalue weighted by Crippen LogP contribution is 2.38. The van der Waals surface area contributed by atoms with Gasteiger partial charge in [0, 0.05) is 15.6 Å². The van der Waals surface area contributed by atoms with Crippen LogP contribution in [0, 0.1) is 6.92 Å². The number of esters is 1. The standard InChI is InChI=1S/C40H35Cl2NO5/c1-26-8-18-35(32(20-26)23-43-27(2)39(48-40(43)45)31-6-4-3-5-7-31)36-21-30(22-38(44)47-25-29-11-16-34(42)17-12-29)13-19-37(36)46-24-28-9-14-33(41)15-10-28/h3-21,27,39H,22-25H2,1-2H3/t27-,39-/m0/s1. The molecule has 0 radical (unpaired) electrons. The number of amides is 1. The van der Waals surface area contributed by atoms with Gasteiger partial charge in [0.05, 0.1) is 19.0 Å². The molecule has 2 atom stereocenters. The van der Waals surface area contributed by atoms with Crippen molar-refractivity contribution in [2.24, 2.45) is 0 Å². The molecule has 0 saturated carbocycles. The van der Waals surface area contributed by atoms with Crippen molar-refractivity contribution in [3.63, 3.8) is 0 Å². The molecule has 5 aromatic carbocycles. The number of benzene rings is 5. The summed E-state index contributed by atoms with van der Waals surface area (Å²) in [6, 6.07) is 36.2. The lowest BCUT2D eigenvalue weighted by atomic mass is 9.94. The zero-order valence-electron chi connectivity index (χ0n) is 26.7. The maximum absolute atomic E-state index is 13.2. The highest BCUT2D eigenvalue weighted by molar-refractivity contribution is 6.30. The number of ether oxygens (including phenoxy) is 3. The van der Waals surface area contributed by atoms with E-state index in [0.29, 0.717) is 28.9 Å². The van der Waals surface area contributed by atoms with Crippen molar-refractivity contribution in [1.82, 2.24) is 4.90 Å². The van der Waals surface area contributed by atoms with Gasteiger partial charge in [-0.3, -0.25) is 9.69 Å². The third kappa shape index (κ3) is 8.01. The zero-order chi connectivity index (χ0) is 33.6. The smallest absolute Gasteiger partial charge is 0.411 e. The van der Waals surface area contributed by atoms with Crippen LogP contribution in [-0.4, -0.2) is 23.0 Å². The van der Waals surface area contributed by atoms with Crippen LogP contribution in [0.25, 0.3) is 11.1 Å². The van der Waals surface area contributed by atoms with Gasteiger partial charge in [0.25, 0.3) is 0 Å². The molecule has 0 aromatic heterocycles. The van der Waals surface area contributed by atoms with Crippen LogP contribution in [0.5, 0.6) is 5.75 Å². The monoisotopic (exact) mass is 679 g/mol. The molecule has 0 aliphatic carbocycles. The summed E-state index contributed by atoms with van der Waals surface area (Å²) in [6.07, 6.45) is -0.652. The van der Waals surface area contributed by atoms with Crippen molar-refractivity contribution >= 4 is 35.3 Å². The first kappa shape index (κ1) is 33.1. The highest BCUT2D eigenvalue weighted by atomic mass is 35.5. The second-order valence-corrected chi connectivity index (χ2v) is 12.8.